The van der Waals surface area contributed by atoms with Crippen LogP contribution in [0.3, 0.4) is 0 Å². The molecule has 0 saturated carbocycles. The lowest BCUT2D eigenvalue weighted by atomic mass is 9.93. The van der Waals surface area contributed by atoms with Crippen molar-refractivity contribution in [2.24, 2.45) is 5.92 Å². The molecule has 0 heterocycles. The summed E-state index contributed by atoms with van der Waals surface area (Å²) in [4.78, 5) is 0. The predicted molar refractivity (Wildman–Crippen MR) is 70.3 cm³/mol. The van der Waals surface area contributed by atoms with E-state index < -0.39 is 0 Å². The molecule has 0 spiro atoms. The predicted octanol–water partition coefficient (Wildman–Crippen LogP) is 3.95. The molecule has 0 aliphatic heterocycles. The van der Waals surface area contributed by atoms with Gasteiger partial charge in [0, 0.05) is 11.5 Å². The van der Waals surface area contributed by atoms with Crippen LogP contribution in [-0.4, -0.2) is 0 Å². The second-order valence-corrected chi connectivity index (χ2v) is 4.86. The molecule has 80 valence electrons. The minimum absolute atomic E-state index is 0.462. The van der Waals surface area contributed by atoms with Gasteiger partial charge in [-0.25, -0.2) is 0 Å². The minimum Gasteiger partial charge on any atom is -0.112 e. The Hall–Kier alpha value is -2.04. The Balaban J connectivity index is 1.81. The summed E-state index contributed by atoms with van der Waals surface area (Å²) < 4.78 is 0. The molecule has 0 amide bonds. The van der Waals surface area contributed by atoms with Gasteiger partial charge in [-0.05, 0) is 34.8 Å². The van der Waals surface area contributed by atoms with Crippen LogP contribution in [0, 0.1) is 5.92 Å². The summed E-state index contributed by atoms with van der Waals surface area (Å²) >= 11 is 0. The lowest BCUT2D eigenvalue weighted by molar-refractivity contribution is 0.926. The zero-order valence-corrected chi connectivity index (χ0v) is 9.70. The van der Waals surface area contributed by atoms with Crippen LogP contribution in [0.25, 0.3) is 0 Å². The van der Waals surface area contributed by atoms with E-state index in [2.05, 4.69) is 61.3 Å². The van der Waals surface area contributed by atoms with E-state index in [-0.39, 0.29) is 0 Å². The van der Waals surface area contributed by atoms with Gasteiger partial charge < -0.3 is 0 Å². The molecule has 0 heteroatoms. The highest BCUT2D eigenvalue weighted by molar-refractivity contribution is 5.69. The summed E-state index contributed by atoms with van der Waals surface area (Å²) in [7, 11) is 0. The molecule has 0 aromatic heterocycles. The fourth-order valence-corrected chi connectivity index (χ4v) is 2.96. The van der Waals surface area contributed by atoms with Crippen molar-refractivity contribution in [1.82, 2.24) is 0 Å². The monoisotopic (exact) mass is 216 g/mol. The van der Waals surface area contributed by atoms with Crippen molar-refractivity contribution in [2.75, 3.05) is 0 Å². The third-order valence-electron chi connectivity index (χ3n) is 3.82. The fraction of sp³-hybridized carbons (Fsp3) is 0.118. The van der Waals surface area contributed by atoms with E-state index in [0.29, 0.717) is 5.92 Å². The van der Waals surface area contributed by atoms with E-state index in [1.165, 1.54) is 33.4 Å². The lowest BCUT2D eigenvalue weighted by Crippen LogP contribution is -1.98. The molecule has 4 aliphatic carbocycles. The smallest absolute Gasteiger partial charge is 0.0372 e. The molecule has 0 unspecified atom stereocenters. The fourth-order valence-electron chi connectivity index (χ4n) is 2.96. The normalized spacial score (nSPS) is 22.8. The van der Waals surface area contributed by atoms with Crippen molar-refractivity contribution in [3.8, 4) is 0 Å². The van der Waals surface area contributed by atoms with Gasteiger partial charge in [-0.15, -0.1) is 5.73 Å². The van der Waals surface area contributed by atoms with Gasteiger partial charge in [0.15, 0.2) is 0 Å². The summed E-state index contributed by atoms with van der Waals surface area (Å²) in [5, 5.41) is 0. The zero-order valence-electron chi connectivity index (χ0n) is 9.70. The minimum atomic E-state index is 0.462. The first-order chi connectivity index (χ1) is 8.33. The zero-order chi connectivity index (χ0) is 11.4. The molecule has 0 N–H and O–H groups in total. The van der Waals surface area contributed by atoms with Crippen molar-refractivity contribution in [3.05, 3.63) is 87.8 Å². The molecule has 0 aromatic rings. The van der Waals surface area contributed by atoms with E-state index >= 15 is 0 Å². The highest BCUT2D eigenvalue weighted by Gasteiger charge is 2.26. The first-order valence-electron chi connectivity index (χ1n) is 6.01. The number of hydrogen-bond donors (Lipinski definition) is 0. The molecule has 0 nitrogen and oxygen atoms in total. The molecule has 0 fully saturated rings. The highest BCUT2D eigenvalue weighted by atomic mass is 14.3. The maximum absolute atomic E-state index is 3.60. The van der Waals surface area contributed by atoms with Crippen molar-refractivity contribution in [3.63, 3.8) is 0 Å². The number of rotatable bonds is 1. The summed E-state index contributed by atoms with van der Waals surface area (Å²) in [5.74, 6) is 0.462. The van der Waals surface area contributed by atoms with Crippen molar-refractivity contribution < 1.29 is 0 Å². The van der Waals surface area contributed by atoms with Crippen LogP contribution >= 0.6 is 0 Å². The van der Waals surface area contributed by atoms with Crippen LogP contribution in [0.2, 0.25) is 0 Å². The Morgan fingerprint density at radius 1 is 0.882 bits per heavy atom. The molecule has 4 rings (SSSR count). The van der Waals surface area contributed by atoms with Gasteiger partial charge >= 0.3 is 0 Å². The maximum atomic E-state index is 3.60. The first-order valence-corrected chi connectivity index (χ1v) is 6.01. The quantitative estimate of drug-likeness (QED) is 0.582. The van der Waals surface area contributed by atoms with Gasteiger partial charge in [0.25, 0.3) is 0 Å². The van der Waals surface area contributed by atoms with Crippen molar-refractivity contribution >= 4 is 0 Å². The Kier molecular flexibility index (Phi) is 1.59. The van der Waals surface area contributed by atoms with Crippen LogP contribution in [0.15, 0.2) is 87.8 Å². The Morgan fingerprint density at radius 2 is 1.47 bits per heavy atom. The van der Waals surface area contributed by atoms with Gasteiger partial charge in [-0.3, -0.25) is 0 Å². The summed E-state index contributed by atoms with van der Waals surface area (Å²) in [6, 6.07) is 0. The molecule has 0 aromatic carbocycles. The van der Waals surface area contributed by atoms with Gasteiger partial charge in [-0.2, -0.15) is 0 Å². The molecule has 0 radical (unpaired) electrons. The summed E-state index contributed by atoms with van der Waals surface area (Å²) in [5.41, 5.74) is 11.6. The number of fused-ring (bicyclic) bond motifs is 4. The Bertz CT molecular complexity index is 630. The van der Waals surface area contributed by atoms with E-state index in [9.17, 15) is 0 Å². The molecule has 0 saturated heterocycles. The largest absolute Gasteiger partial charge is 0.112 e. The van der Waals surface area contributed by atoms with E-state index in [4.69, 9.17) is 0 Å². The van der Waals surface area contributed by atoms with Crippen molar-refractivity contribution in [1.29, 1.82) is 0 Å². The molecule has 4 bridgehead atoms. The average Bonchev–Trinajstić information content (AvgIpc) is 3.09. The molecule has 4 aliphatic rings. The van der Waals surface area contributed by atoms with Crippen LogP contribution < -0.4 is 0 Å². The third-order valence-corrected chi connectivity index (χ3v) is 3.82. The third kappa shape index (κ3) is 1.13. The maximum Gasteiger partial charge on any atom is 0.0372 e. The highest BCUT2D eigenvalue weighted by Crippen LogP contribution is 2.41. The van der Waals surface area contributed by atoms with Crippen LogP contribution in [-0.2, 0) is 0 Å². The second-order valence-electron chi connectivity index (χ2n) is 4.86. The molecular weight excluding hydrogens is 204 g/mol. The number of allylic oxidation sites excluding steroid dienone is 13. The second kappa shape index (κ2) is 3.00. The topological polar surface area (TPSA) is 0 Å². The SMILES string of the molecule is CC(=C=C1C2=CC=C1C=C2)C1C2=CC=C1C=C2. The van der Waals surface area contributed by atoms with E-state index in [1.54, 1.807) is 0 Å². The van der Waals surface area contributed by atoms with Gasteiger partial charge in [0.05, 0.1) is 0 Å². The lowest BCUT2D eigenvalue weighted by Gasteiger charge is -2.09. The van der Waals surface area contributed by atoms with Crippen LogP contribution in [0.4, 0.5) is 0 Å². The molecule has 17 heavy (non-hydrogen) atoms. The summed E-state index contributed by atoms with van der Waals surface area (Å²) in [6.45, 7) is 2.19. The van der Waals surface area contributed by atoms with Gasteiger partial charge in [-0.1, -0.05) is 48.6 Å². The average molecular weight is 216 g/mol. The molecular formula is C17H12. The van der Waals surface area contributed by atoms with Crippen LogP contribution in [0.1, 0.15) is 6.92 Å². The number of hydrogen-bond acceptors (Lipinski definition) is 0. The van der Waals surface area contributed by atoms with Crippen molar-refractivity contribution in [2.45, 2.75) is 6.92 Å². The first kappa shape index (κ1) is 9.04. The Labute approximate surface area is 101 Å². The van der Waals surface area contributed by atoms with Crippen LogP contribution in [0.5, 0.6) is 0 Å². The van der Waals surface area contributed by atoms with E-state index in [1.807, 2.05) is 0 Å². The summed E-state index contributed by atoms with van der Waals surface area (Å²) in [6.07, 6.45) is 17.6. The van der Waals surface area contributed by atoms with Gasteiger partial charge in [0.1, 0.15) is 0 Å². The van der Waals surface area contributed by atoms with E-state index in [0.717, 1.165) is 0 Å². The standard InChI is InChI=1S/C17H12/c1-11(17-14-6-7-15(17)9-8-14)10-16-12-2-3-13(16)5-4-12/h2-9,17H,1H3. The Morgan fingerprint density at radius 3 is 1.94 bits per heavy atom. The molecule has 0 atom stereocenters. The van der Waals surface area contributed by atoms with Gasteiger partial charge in [0.2, 0.25) is 0 Å².